The molecule has 0 aliphatic heterocycles. The van der Waals surface area contributed by atoms with E-state index in [0.29, 0.717) is 0 Å². The molecule has 0 unspecified atom stereocenters. The van der Waals surface area contributed by atoms with Crippen LogP contribution in [0.3, 0.4) is 0 Å². The fraction of sp³-hybridized carbons (Fsp3) is 0.368. The van der Waals surface area contributed by atoms with Gasteiger partial charge in [-0.05, 0) is 25.3 Å². The van der Waals surface area contributed by atoms with Crippen molar-refractivity contribution in [2.75, 3.05) is 12.3 Å². The smallest absolute Gasteiger partial charge is 0.332 e. The first kappa shape index (κ1) is 18.6. The highest BCUT2D eigenvalue weighted by atomic mass is 16.5. The molecule has 0 bridgehead atoms. The number of esters is 1. The first-order valence-electron chi connectivity index (χ1n) is 8.80. The van der Waals surface area contributed by atoms with Crippen molar-refractivity contribution in [2.45, 2.75) is 32.9 Å². The van der Waals surface area contributed by atoms with Gasteiger partial charge in [-0.1, -0.05) is 30.3 Å². The summed E-state index contributed by atoms with van der Waals surface area (Å²) >= 11 is 0. The van der Waals surface area contributed by atoms with Crippen LogP contribution < -0.4 is 17.0 Å². The number of ether oxygens (including phenoxy) is 1. The van der Waals surface area contributed by atoms with Crippen LogP contribution in [-0.2, 0) is 22.6 Å². The SMILES string of the molecule is CCn1c(=O)c(C(=O)COC(=O)C2CC2)c(N)n(Cc2ccccc2)c1=O. The lowest BCUT2D eigenvalue weighted by molar-refractivity contribution is -0.144. The van der Waals surface area contributed by atoms with E-state index in [1.807, 2.05) is 30.3 Å². The van der Waals surface area contributed by atoms with Gasteiger partial charge in [-0.15, -0.1) is 0 Å². The van der Waals surface area contributed by atoms with Crippen molar-refractivity contribution in [3.05, 3.63) is 62.3 Å². The van der Waals surface area contributed by atoms with Crippen molar-refractivity contribution in [3.8, 4) is 0 Å². The van der Waals surface area contributed by atoms with Crippen molar-refractivity contribution in [1.29, 1.82) is 0 Å². The number of benzene rings is 1. The zero-order valence-electron chi connectivity index (χ0n) is 15.0. The Kier molecular flexibility index (Phi) is 5.25. The van der Waals surface area contributed by atoms with E-state index < -0.39 is 29.6 Å². The number of hydrogen-bond donors (Lipinski definition) is 1. The summed E-state index contributed by atoms with van der Waals surface area (Å²) in [5.41, 5.74) is 5.14. The van der Waals surface area contributed by atoms with Gasteiger partial charge in [0.05, 0.1) is 12.5 Å². The van der Waals surface area contributed by atoms with Gasteiger partial charge in [-0.3, -0.25) is 23.5 Å². The summed E-state index contributed by atoms with van der Waals surface area (Å²) < 4.78 is 7.12. The first-order chi connectivity index (χ1) is 12.9. The number of carbonyl (C=O) groups excluding carboxylic acids is 2. The van der Waals surface area contributed by atoms with Crippen molar-refractivity contribution in [2.24, 2.45) is 5.92 Å². The highest BCUT2D eigenvalue weighted by molar-refractivity contribution is 6.01. The number of anilines is 1. The second-order valence-corrected chi connectivity index (χ2v) is 6.47. The number of nitrogens with two attached hydrogens (primary N) is 1. The summed E-state index contributed by atoms with van der Waals surface area (Å²) in [4.78, 5) is 49.4. The quantitative estimate of drug-likeness (QED) is 0.569. The van der Waals surface area contributed by atoms with Gasteiger partial charge in [0, 0.05) is 6.54 Å². The van der Waals surface area contributed by atoms with Gasteiger partial charge in [0.2, 0.25) is 5.78 Å². The van der Waals surface area contributed by atoms with Crippen molar-refractivity contribution < 1.29 is 14.3 Å². The van der Waals surface area contributed by atoms with Crippen LogP contribution in [0.25, 0.3) is 0 Å². The van der Waals surface area contributed by atoms with E-state index in [2.05, 4.69) is 0 Å². The fourth-order valence-electron chi connectivity index (χ4n) is 2.82. The number of carbonyl (C=O) groups is 2. The molecule has 1 heterocycles. The van der Waals surface area contributed by atoms with Crippen LogP contribution >= 0.6 is 0 Å². The number of ketones is 1. The molecule has 1 aromatic carbocycles. The molecule has 8 heteroatoms. The number of nitrogens with zero attached hydrogens (tertiary/aromatic N) is 2. The Morgan fingerprint density at radius 2 is 1.81 bits per heavy atom. The molecule has 0 amide bonds. The van der Waals surface area contributed by atoms with Crippen molar-refractivity contribution >= 4 is 17.6 Å². The molecule has 0 atom stereocenters. The minimum absolute atomic E-state index is 0.0921. The Morgan fingerprint density at radius 3 is 2.41 bits per heavy atom. The number of aromatic nitrogens is 2. The molecular formula is C19H21N3O5. The third-order valence-electron chi connectivity index (χ3n) is 4.50. The van der Waals surface area contributed by atoms with Gasteiger partial charge in [-0.2, -0.15) is 0 Å². The van der Waals surface area contributed by atoms with Gasteiger partial charge in [0.15, 0.2) is 6.61 Å². The molecule has 1 fully saturated rings. The molecular weight excluding hydrogens is 350 g/mol. The number of nitrogen functional groups attached to an aromatic ring is 1. The Labute approximate surface area is 155 Å². The van der Waals surface area contributed by atoms with E-state index in [1.54, 1.807) is 6.92 Å². The Morgan fingerprint density at radius 1 is 1.15 bits per heavy atom. The first-order valence-corrected chi connectivity index (χ1v) is 8.80. The maximum absolute atomic E-state index is 12.6. The van der Waals surface area contributed by atoms with Crippen LogP contribution in [0.2, 0.25) is 0 Å². The van der Waals surface area contributed by atoms with E-state index in [4.69, 9.17) is 10.5 Å². The molecule has 8 nitrogen and oxygen atoms in total. The molecule has 0 saturated heterocycles. The average molecular weight is 371 g/mol. The lowest BCUT2D eigenvalue weighted by Gasteiger charge is -2.15. The summed E-state index contributed by atoms with van der Waals surface area (Å²) in [7, 11) is 0. The lowest BCUT2D eigenvalue weighted by atomic mass is 10.2. The highest BCUT2D eigenvalue weighted by Crippen LogP contribution is 2.30. The summed E-state index contributed by atoms with van der Waals surface area (Å²) in [6, 6.07) is 9.09. The average Bonchev–Trinajstić information content (AvgIpc) is 3.50. The molecule has 1 saturated carbocycles. The van der Waals surface area contributed by atoms with Gasteiger partial charge >= 0.3 is 11.7 Å². The lowest BCUT2D eigenvalue weighted by Crippen LogP contribution is -2.44. The zero-order valence-corrected chi connectivity index (χ0v) is 15.0. The largest absolute Gasteiger partial charge is 0.457 e. The van der Waals surface area contributed by atoms with Crippen LogP contribution in [0.15, 0.2) is 39.9 Å². The minimum atomic E-state index is -0.767. The topological polar surface area (TPSA) is 113 Å². The maximum Gasteiger partial charge on any atom is 0.332 e. The standard InChI is InChI=1S/C19H21N3O5/c1-2-21-17(24)15(14(23)11-27-18(25)13-8-9-13)16(20)22(19(21)26)10-12-6-4-3-5-7-12/h3-7,13H,2,8-11,20H2,1H3. The fourth-order valence-corrected chi connectivity index (χ4v) is 2.82. The summed E-state index contributed by atoms with van der Waals surface area (Å²) in [6.07, 6.45) is 1.50. The van der Waals surface area contributed by atoms with Crippen LogP contribution in [0.4, 0.5) is 5.82 Å². The van der Waals surface area contributed by atoms with Gasteiger partial charge in [-0.25, -0.2) is 4.79 Å². The predicted octanol–water partition coefficient (Wildman–Crippen LogP) is 0.796. The summed E-state index contributed by atoms with van der Waals surface area (Å²) in [5, 5.41) is 0. The van der Waals surface area contributed by atoms with E-state index in [9.17, 15) is 19.2 Å². The maximum atomic E-state index is 12.6. The van der Waals surface area contributed by atoms with Gasteiger partial charge in [0.1, 0.15) is 11.4 Å². The molecule has 1 aliphatic rings. The Hall–Kier alpha value is -3.16. The monoisotopic (exact) mass is 371 g/mol. The normalized spacial score (nSPS) is 13.4. The van der Waals surface area contributed by atoms with Crippen molar-refractivity contribution in [3.63, 3.8) is 0 Å². The van der Waals surface area contributed by atoms with E-state index >= 15 is 0 Å². The number of Topliss-reactive ketones (excluding diaryl/α,β-unsaturated/α-hetero) is 1. The molecule has 1 aromatic heterocycles. The van der Waals surface area contributed by atoms with Gasteiger partial charge < -0.3 is 10.5 Å². The minimum Gasteiger partial charge on any atom is -0.457 e. The Bertz CT molecular complexity index is 987. The molecule has 0 radical (unpaired) electrons. The van der Waals surface area contributed by atoms with Gasteiger partial charge in [0.25, 0.3) is 5.56 Å². The van der Waals surface area contributed by atoms with Crippen LogP contribution in [-0.4, -0.2) is 27.5 Å². The highest BCUT2D eigenvalue weighted by Gasteiger charge is 2.32. The summed E-state index contributed by atoms with van der Waals surface area (Å²) in [5.74, 6) is -1.54. The predicted molar refractivity (Wildman–Crippen MR) is 98.6 cm³/mol. The Balaban J connectivity index is 1.98. The zero-order chi connectivity index (χ0) is 19.6. The third-order valence-corrected chi connectivity index (χ3v) is 4.50. The molecule has 2 aromatic rings. The van der Waals surface area contributed by atoms with Crippen molar-refractivity contribution in [1.82, 2.24) is 9.13 Å². The van der Waals surface area contributed by atoms with Crippen LogP contribution in [0.1, 0.15) is 35.7 Å². The molecule has 27 heavy (non-hydrogen) atoms. The third kappa shape index (κ3) is 3.84. The second kappa shape index (κ2) is 7.61. The molecule has 142 valence electrons. The number of rotatable bonds is 7. The van der Waals surface area contributed by atoms with E-state index in [-0.39, 0.29) is 30.4 Å². The van der Waals surface area contributed by atoms with Crippen LogP contribution in [0.5, 0.6) is 0 Å². The molecule has 0 spiro atoms. The van der Waals surface area contributed by atoms with E-state index in [1.165, 1.54) is 4.57 Å². The molecule has 1 aliphatic carbocycles. The second-order valence-electron chi connectivity index (χ2n) is 6.47. The van der Waals surface area contributed by atoms with Crippen LogP contribution in [0, 0.1) is 5.92 Å². The number of hydrogen-bond acceptors (Lipinski definition) is 6. The summed E-state index contributed by atoms with van der Waals surface area (Å²) in [6.45, 7) is 1.28. The molecule has 3 rings (SSSR count). The molecule has 2 N–H and O–H groups in total. The van der Waals surface area contributed by atoms with E-state index in [0.717, 1.165) is 23.0 Å².